The van der Waals surface area contributed by atoms with Gasteiger partial charge in [-0.1, -0.05) is 23.7 Å². The zero-order chi connectivity index (χ0) is 13.7. The first-order chi connectivity index (χ1) is 9.20. The number of benzene rings is 2. The number of anilines is 2. The Bertz CT molecular complexity index is 540. The van der Waals surface area contributed by atoms with E-state index in [9.17, 15) is 0 Å². The van der Waals surface area contributed by atoms with Crippen molar-refractivity contribution in [2.75, 3.05) is 31.3 Å². The number of nitrogens with two attached hydrogens (primary N) is 1. The highest BCUT2D eigenvalue weighted by Crippen LogP contribution is 2.30. The molecule has 0 aliphatic carbocycles. The highest BCUT2D eigenvalue weighted by molar-refractivity contribution is 6.30. The molecule has 0 radical (unpaired) electrons. The minimum absolute atomic E-state index is 0.657. The maximum Gasteiger partial charge on any atom is 0.0635 e. The van der Waals surface area contributed by atoms with Crippen LogP contribution in [0.5, 0.6) is 0 Å². The Balaban J connectivity index is 2.31. The van der Waals surface area contributed by atoms with Crippen LogP contribution in [0.2, 0.25) is 5.02 Å². The zero-order valence-corrected chi connectivity index (χ0v) is 11.6. The third-order valence-corrected chi connectivity index (χ3v) is 3.07. The minimum Gasteiger partial charge on any atom is -0.399 e. The molecule has 3 N–H and O–H groups in total. The van der Waals surface area contributed by atoms with Gasteiger partial charge in [0.2, 0.25) is 0 Å². The van der Waals surface area contributed by atoms with E-state index in [1.54, 1.807) is 7.11 Å². The molecule has 0 amide bonds. The van der Waals surface area contributed by atoms with Gasteiger partial charge in [0, 0.05) is 35.6 Å². The van der Waals surface area contributed by atoms with Crippen molar-refractivity contribution in [1.82, 2.24) is 0 Å². The largest absolute Gasteiger partial charge is 0.399 e. The predicted octanol–water partition coefficient (Wildman–Crippen LogP) is 3.65. The van der Waals surface area contributed by atoms with Crippen LogP contribution in [-0.4, -0.2) is 20.3 Å². The molecule has 0 heterocycles. The van der Waals surface area contributed by atoms with Crippen LogP contribution in [0.25, 0.3) is 11.1 Å². The summed E-state index contributed by atoms with van der Waals surface area (Å²) < 4.78 is 5.04. The summed E-state index contributed by atoms with van der Waals surface area (Å²) >= 11 is 5.92. The fraction of sp³-hybridized carbons (Fsp3) is 0.200. The van der Waals surface area contributed by atoms with E-state index in [0.717, 1.165) is 34.1 Å². The molecule has 0 atom stereocenters. The van der Waals surface area contributed by atoms with Gasteiger partial charge in [-0.05, 0) is 35.9 Å². The number of hydrogen-bond donors (Lipinski definition) is 2. The molecule has 0 bridgehead atoms. The number of halogens is 1. The van der Waals surface area contributed by atoms with Gasteiger partial charge in [-0.3, -0.25) is 0 Å². The number of rotatable bonds is 5. The SMILES string of the molecule is COCCNc1ccc(N)cc1-c1ccc(Cl)cc1. The monoisotopic (exact) mass is 276 g/mol. The van der Waals surface area contributed by atoms with Gasteiger partial charge < -0.3 is 15.8 Å². The summed E-state index contributed by atoms with van der Waals surface area (Å²) in [6.07, 6.45) is 0. The smallest absolute Gasteiger partial charge is 0.0635 e. The summed E-state index contributed by atoms with van der Waals surface area (Å²) in [5.41, 5.74) is 9.79. The Hall–Kier alpha value is -1.71. The van der Waals surface area contributed by atoms with Crippen molar-refractivity contribution >= 4 is 23.0 Å². The van der Waals surface area contributed by atoms with E-state index >= 15 is 0 Å². The van der Waals surface area contributed by atoms with E-state index < -0.39 is 0 Å². The van der Waals surface area contributed by atoms with Crippen LogP contribution in [0.4, 0.5) is 11.4 Å². The van der Waals surface area contributed by atoms with E-state index in [1.807, 2.05) is 42.5 Å². The number of hydrogen-bond acceptors (Lipinski definition) is 3. The standard InChI is InChI=1S/C15H17ClN2O/c1-19-9-8-18-15-7-6-13(17)10-14(15)11-2-4-12(16)5-3-11/h2-7,10,18H,8-9,17H2,1H3. The summed E-state index contributed by atoms with van der Waals surface area (Å²) in [5.74, 6) is 0. The van der Waals surface area contributed by atoms with Gasteiger partial charge in [0.05, 0.1) is 6.61 Å². The molecule has 0 spiro atoms. The van der Waals surface area contributed by atoms with Gasteiger partial charge in [0.1, 0.15) is 0 Å². The second-order valence-electron chi connectivity index (χ2n) is 4.23. The third-order valence-electron chi connectivity index (χ3n) is 2.82. The summed E-state index contributed by atoms with van der Waals surface area (Å²) in [5, 5.41) is 4.06. The predicted molar refractivity (Wildman–Crippen MR) is 81.7 cm³/mol. The highest BCUT2D eigenvalue weighted by Gasteiger charge is 2.05. The second-order valence-corrected chi connectivity index (χ2v) is 4.67. The Kier molecular flexibility index (Phi) is 4.66. The molecule has 4 heteroatoms. The molecule has 0 unspecified atom stereocenters. The zero-order valence-electron chi connectivity index (χ0n) is 10.8. The number of nitrogen functional groups attached to an aromatic ring is 1. The topological polar surface area (TPSA) is 47.3 Å². The fourth-order valence-electron chi connectivity index (χ4n) is 1.87. The molecule has 0 saturated carbocycles. The van der Waals surface area contributed by atoms with Gasteiger partial charge >= 0.3 is 0 Å². The first-order valence-corrected chi connectivity index (χ1v) is 6.47. The van der Waals surface area contributed by atoms with Crippen LogP contribution in [0.15, 0.2) is 42.5 Å². The molecule has 0 fully saturated rings. The lowest BCUT2D eigenvalue weighted by atomic mass is 10.0. The van der Waals surface area contributed by atoms with Crippen LogP contribution in [0.1, 0.15) is 0 Å². The Morgan fingerprint density at radius 2 is 1.89 bits per heavy atom. The Labute approximate surface area is 118 Å². The van der Waals surface area contributed by atoms with Crippen molar-refractivity contribution in [1.29, 1.82) is 0 Å². The average Bonchev–Trinajstić information content (AvgIpc) is 2.41. The molecule has 0 aliphatic heterocycles. The number of ether oxygens (including phenoxy) is 1. The molecule has 3 nitrogen and oxygen atoms in total. The van der Waals surface area contributed by atoms with E-state index in [1.165, 1.54) is 0 Å². The maximum atomic E-state index is 5.92. The molecule has 2 rings (SSSR count). The van der Waals surface area contributed by atoms with Crippen molar-refractivity contribution in [3.8, 4) is 11.1 Å². The van der Waals surface area contributed by atoms with Crippen molar-refractivity contribution < 1.29 is 4.74 Å². The molecule has 100 valence electrons. The van der Waals surface area contributed by atoms with Crippen LogP contribution >= 0.6 is 11.6 Å². The Morgan fingerprint density at radius 3 is 2.58 bits per heavy atom. The molecule has 2 aromatic rings. The van der Waals surface area contributed by atoms with E-state index in [2.05, 4.69) is 5.32 Å². The van der Waals surface area contributed by atoms with Crippen LogP contribution in [0, 0.1) is 0 Å². The number of methoxy groups -OCH3 is 1. The van der Waals surface area contributed by atoms with Crippen molar-refractivity contribution in [2.45, 2.75) is 0 Å². The molecular weight excluding hydrogens is 260 g/mol. The second kappa shape index (κ2) is 6.45. The van der Waals surface area contributed by atoms with Crippen LogP contribution in [-0.2, 0) is 4.74 Å². The molecule has 0 saturated heterocycles. The first-order valence-electron chi connectivity index (χ1n) is 6.09. The normalized spacial score (nSPS) is 10.4. The van der Waals surface area contributed by atoms with Gasteiger partial charge in [-0.15, -0.1) is 0 Å². The molecule has 2 aromatic carbocycles. The average molecular weight is 277 g/mol. The van der Waals surface area contributed by atoms with E-state index in [0.29, 0.717) is 6.61 Å². The lowest BCUT2D eigenvalue weighted by Crippen LogP contribution is -2.08. The molecular formula is C15H17ClN2O. The van der Waals surface area contributed by atoms with Crippen molar-refractivity contribution in [2.24, 2.45) is 0 Å². The van der Waals surface area contributed by atoms with Crippen LogP contribution < -0.4 is 11.1 Å². The van der Waals surface area contributed by atoms with Crippen LogP contribution in [0.3, 0.4) is 0 Å². The van der Waals surface area contributed by atoms with Gasteiger partial charge in [0.25, 0.3) is 0 Å². The molecule has 0 aromatic heterocycles. The Morgan fingerprint density at radius 1 is 1.16 bits per heavy atom. The lowest BCUT2D eigenvalue weighted by Gasteiger charge is -2.13. The van der Waals surface area contributed by atoms with Crippen molar-refractivity contribution in [3.63, 3.8) is 0 Å². The fourth-order valence-corrected chi connectivity index (χ4v) is 2.00. The first kappa shape index (κ1) is 13.7. The summed E-state index contributed by atoms with van der Waals surface area (Å²) in [6.45, 7) is 1.41. The summed E-state index contributed by atoms with van der Waals surface area (Å²) in [7, 11) is 1.69. The summed E-state index contributed by atoms with van der Waals surface area (Å²) in [4.78, 5) is 0. The van der Waals surface area contributed by atoms with Gasteiger partial charge in [0.15, 0.2) is 0 Å². The number of nitrogens with one attached hydrogen (secondary N) is 1. The lowest BCUT2D eigenvalue weighted by molar-refractivity contribution is 0.211. The van der Waals surface area contributed by atoms with Gasteiger partial charge in [-0.25, -0.2) is 0 Å². The third kappa shape index (κ3) is 3.63. The maximum absolute atomic E-state index is 5.92. The summed E-state index contributed by atoms with van der Waals surface area (Å²) in [6, 6.07) is 13.5. The minimum atomic E-state index is 0.657. The van der Waals surface area contributed by atoms with Gasteiger partial charge in [-0.2, -0.15) is 0 Å². The quantitative estimate of drug-likeness (QED) is 0.647. The van der Waals surface area contributed by atoms with E-state index in [4.69, 9.17) is 22.1 Å². The van der Waals surface area contributed by atoms with Crippen molar-refractivity contribution in [3.05, 3.63) is 47.5 Å². The highest BCUT2D eigenvalue weighted by atomic mass is 35.5. The van der Waals surface area contributed by atoms with E-state index in [-0.39, 0.29) is 0 Å². The molecule has 0 aliphatic rings. The molecule has 19 heavy (non-hydrogen) atoms.